The molecule has 0 radical (unpaired) electrons. The molecule has 1 aliphatic rings. The summed E-state index contributed by atoms with van der Waals surface area (Å²) in [7, 11) is 0. The third-order valence-corrected chi connectivity index (χ3v) is 3.05. The van der Waals surface area contributed by atoms with Crippen LogP contribution in [0.4, 0.5) is 0 Å². The van der Waals surface area contributed by atoms with Crippen molar-refractivity contribution in [1.82, 2.24) is 5.32 Å². The lowest BCUT2D eigenvalue weighted by Gasteiger charge is -2.09. The molecule has 1 atom stereocenters. The molecule has 2 N–H and O–H groups in total. The lowest BCUT2D eigenvalue weighted by atomic mass is 10.4. The Bertz CT molecular complexity index is 177. The Balaban J connectivity index is 1.99. The molecule has 1 unspecified atom stereocenters. The summed E-state index contributed by atoms with van der Waals surface area (Å²) in [6.07, 6.45) is 3.27. The molecule has 3 nitrogen and oxygen atoms in total. The minimum Gasteiger partial charge on any atom is -0.396 e. The van der Waals surface area contributed by atoms with Gasteiger partial charge < -0.3 is 5.11 Å². The van der Waals surface area contributed by atoms with E-state index in [-0.39, 0.29) is 12.6 Å². The number of thioether (sulfide) groups is 1. The predicted octanol–water partition coefficient (Wildman–Crippen LogP) is 0.746. The number of hydrogen-bond acceptors (Lipinski definition) is 4. The van der Waals surface area contributed by atoms with Gasteiger partial charge in [0.2, 0.25) is 0 Å². The van der Waals surface area contributed by atoms with Crippen molar-refractivity contribution >= 4 is 11.8 Å². The zero-order chi connectivity index (χ0) is 9.52. The highest BCUT2D eigenvalue weighted by atomic mass is 32.2. The molecule has 1 saturated carbocycles. The largest absolute Gasteiger partial charge is 0.396 e. The number of aliphatic hydroxyl groups excluding tert-OH is 1. The molecule has 0 amide bonds. The molecule has 1 aliphatic carbocycles. The summed E-state index contributed by atoms with van der Waals surface area (Å²) < 4.78 is 0. The van der Waals surface area contributed by atoms with E-state index in [1.54, 1.807) is 11.8 Å². The van der Waals surface area contributed by atoms with Gasteiger partial charge in [-0.15, -0.1) is 0 Å². The molecule has 13 heavy (non-hydrogen) atoms. The van der Waals surface area contributed by atoms with E-state index in [2.05, 4.69) is 11.4 Å². The average molecular weight is 200 g/mol. The number of nitrogens with zero attached hydrogens (tertiary/aromatic N) is 1. The summed E-state index contributed by atoms with van der Waals surface area (Å²) in [5.74, 6) is 1.79. The smallest absolute Gasteiger partial charge is 0.105 e. The van der Waals surface area contributed by atoms with Crippen LogP contribution in [0.1, 0.15) is 19.3 Å². The number of hydrogen-bond donors (Lipinski definition) is 2. The lowest BCUT2D eigenvalue weighted by Crippen LogP contribution is -2.31. The molecule has 0 heterocycles. The standard InChI is InChI=1S/C9H16N2OS/c10-6-9(11-8-2-3-8)7-13-5-1-4-12/h8-9,11-12H,1-5,7H2. The highest BCUT2D eigenvalue weighted by Gasteiger charge is 2.24. The van der Waals surface area contributed by atoms with Gasteiger partial charge in [-0.3, -0.25) is 5.32 Å². The Kier molecular flexibility index (Phi) is 5.21. The summed E-state index contributed by atoms with van der Waals surface area (Å²) in [6, 6.07) is 2.85. The van der Waals surface area contributed by atoms with E-state index in [9.17, 15) is 0 Å². The minimum atomic E-state index is -0.00353. The van der Waals surface area contributed by atoms with Gasteiger partial charge in [-0.25, -0.2) is 0 Å². The van der Waals surface area contributed by atoms with E-state index in [0.717, 1.165) is 17.9 Å². The molecule has 0 saturated heterocycles. The van der Waals surface area contributed by atoms with Gasteiger partial charge in [0.25, 0.3) is 0 Å². The molecule has 0 aliphatic heterocycles. The first-order chi connectivity index (χ1) is 6.36. The van der Waals surface area contributed by atoms with Crippen molar-refractivity contribution in [2.45, 2.75) is 31.3 Å². The van der Waals surface area contributed by atoms with Crippen LogP contribution >= 0.6 is 11.8 Å². The monoisotopic (exact) mass is 200 g/mol. The Morgan fingerprint density at radius 3 is 2.92 bits per heavy atom. The Hall–Kier alpha value is -0.240. The second-order valence-corrected chi connectivity index (χ2v) is 4.42. The van der Waals surface area contributed by atoms with Crippen LogP contribution in [0.3, 0.4) is 0 Å². The van der Waals surface area contributed by atoms with Crippen molar-refractivity contribution in [3.8, 4) is 6.07 Å². The second-order valence-electron chi connectivity index (χ2n) is 3.27. The molecule has 0 aromatic heterocycles. The van der Waals surface area contributed by atoms with Crippen LogP contribution in [-0.2, 0) is 0 Å². The topological polar surface area (TPSA) is 56.0 Å². The molecule has 0 aromatic carbocycles. The lowest BCUT2D eigenvalue weighted by molar-refractivity contribution is 0.296. The summed E-state index contributed by atoms with van der Waals surface area (Å²) in [4.78, 5) is 0. The average Bonchev–Trinajstić information content (AvgIpc) is 2.94. The minimum absolute atomic E-state index is 0.00353. The van der Waals surface area contributed by atoms with Crippen LogP contribution < -0.4 is 5.32 Å². The fourth-order valence-corrected chi connectivity index (χ4v) is 1.93. The van der Waals surface area contributed by atoms with Crippen LogP contribution in [0, 0.1) is 11.3 Å². The first-order valence-corrected chi connectivity index (χ1v) is 5.86. The van der Waals surface area contributed by atoms with E-state index < -0.39 is 0 Å². The first kappa shape index (κ1) is 10.8. The van der Waals surface area contributed by atoms with E-state index in [1.807, 2.05) is 0 Å². The molecule has 4 heteroatoms. The number of nitrogens with one attached hydrogen (secondary N) is 1. The van der Waals surface area contributed by atoms with Crippen molar-refractivity contribution in [3.63, 3.8) is 0 Å². The molecule has 1 fully saturated rings. The van der Waals surface area contributed by atoms with E-state index in [0.29, 0.717) is 6.04 Å². The van der Waals surface area contributed by atoms with Crippen LogP contribution in [-0.4, -0.2) is 35.3 Å². The van der Waals surface area contributed by atoms with Gasteiger partial charge in [-0.1, -0.05) is 0 Å². The van der Waals surface area contributed by atoms with E-state index >= 15 is 0 Å². The van der Waals surface area contributed by atoms with Crippen molar-refractivity contribution in [3.05, 3.63) is 0 Å². The number of rotatable bonds is 7. The number of nitriles is 1. The van der Waals surface area contributed by atoms with Gasteiger partial charge in [0.1, 0.15) is 6.04 Å². The van der Waals surface area contributed by atoms with Gasteiger partial charge in [-0.2, -0.15) is 17.0 Å². The van der Waals surface area contributed by atoms with Crippen molar-refractivity contribution in [1.29, 1.82) is 5.26 Å². The molecular formula is C9H16N2OS. The molecule has 0 aromatic rings. The second kappa shape index (κ2) is 6.25. The maximum Gasteiger partial charge on any atom is 0.105 e. The normalized spacial score (nSPS) is 18.2. The molecule has 0 spiro atoms. The maximum absolute atomic E-state index is 8.78. The Labute approximate surface area is 83.5 Å². The molecule has 1 rings (SSSR count). The Morgan fingerprint density at radius 2 is 2.38 bits per heavy atom. The predicted molar refractivity (Wildman–Crippen MR) is 54.6 cm³/mol. The van der Waals surface area contributed by atoms with Crippen LogP contribution in [0.5, 0.6) is 0 Å². The highest BCUT2D eigenvalue weighted by molar-refractivity contribution is 7.99. The van der Waals surface area contributed by atoms with Crippen molar-refractivity contribution in [2.75, 3.05) is 18.1 Å². The van der Waals surface area contributed by atoms with Crippen molar-refractivity contribution < 1.29 is 5.11 Å². The quantitative estimate of drug-likeness (QED) is 0.595. The zero-order valence-corrected chi connectivity index (χ0v) is 8.52. The third-order valence-electron chi connectivity index (χ3n) is 1.90. The highest BCUT2D eigenvalue weighted by Crippen LogP contribution is 2.20. The maximum atomic E-state index is 8.78. The molecule has 0 bridgehead atoms. The summed E-state index contributed by atoms with van der Waals surface area (Å²) in [5.41, 5.74) is 0. The fourth-order valence-electron chi connectivity index (χ4n) is 1.02. The Morgan fingerprint density at radius 1 is 1.62 bits per heavy atom. The molecule has 74 valence electrons. The summed E-state index contributed by atoms with van der Waals surface area (Å²) in [5, 5.41) is 20.6. The SMILES string of the molecule is N#CC(CSCCCO)NC1CC1. The van der Waals surface area contributed by atoms with Gasteiger partial charge in [-0.05, 0) is 25.0 Å². The summed E-state index contributed by atoms with van der Waals surface area (Å²) >= 11 is 1.74. The van der Waals surface area contributed by atoms with Gasteiger partial charge in [0.15, 0.2) is 0 Å². The fraction of sp³-hybridized carbons (Fsp3) is 0.889. The van der Waals surface area contributed by atoms with Gasteiger partial charge >= 0.3 is 0 Å². The van der Waals surface area contributed by atoms with Gasteiger partial charge in [0.05, 0.1) is 6.07 Å². The van der Waals surface area contributed by atoms with Crippen molar-refractivity contribution in [2.24, 2.45) is 0 Å². The van der Waals surface area contributed by atoms with Crippen LogP contribution in [0.15, 0.2) is 0 Å². The zero-order valence-electron chi connectivity index (χ0n) is 7.70. The third kappa shape index (κ3) is 5.14. The number of aliphatic hydroxyl groups is 1. The van der Waals surface area contributed by atoms with E-state index in [4.69, 9.17) is 10.4 Å². The van der Waals surface area contributed by atoms with Crippen LogP contribution in [0.25, 0.3) is 0 Å². The van der Waals surface area contributed by atoms with Gasteiger partial charge in [0, 0.05) is 18.4 Å². The molecular weight excluding hydrogens is 184 g/mol. The summed E-state index contributed by atoms with van der Waals surface area (Å²) in [6.45, 7) is 0.250. The van der Waals surface area contributed by atoms with Crippen LogP contribution in [0.2, 0.25) is 0 Å². The first-order valence-electron chi connectivity index (χ1n) is 4.71. The van der Waals surface area contributed by atoms with E-state index in [1.165, 1.54) is 12.8 Å².